The van der Waals surface area contributed by atoms with Gasteiger partial charge in [0.1, 0.15) is 0 Å². The highest BCUT2D eigenvalue weighted by molar-refractivity contribution is 7.92. The first-order valence-electron chi connectivity index (χ1n) is 6.16. The Morgan fingerprint density at radius 3 is 2.55 bits per heavy atom. The summed E-state index contributed by atoms with van der Waals surface area (Å²) in [5.74, 6) is 0. The first kappa shape index (κ1) is 14.5. The monoisotopic (exact) mass is 294 g/mol. The van der Waals surface area contributed by atoms with E-state index in [4.69, 9.17) is 5.73 Å². The molecule has 2 aromatic rings. The molecule has 108 valence electrons. The van der Waals surface area contributed by atoms with E-state index in [1.54, 1.807) is 50.0 Å². The van der Waals surface area contributed by atoms with E-state index in [1.165, 1.54) is 0 Å². The molecule has 0 amide bonds. The van der Waals surface area contributed by atoms with Crippen LogP contribution >= 0.6 is 0 Å². The summed E-state index contributed by atoms with van der Waals surface area (Å²) in [6, 6.07) is 5.08. The maximum Gasteiger partial charge on any atom is 0.262 e. The summed E-state index contributed by atoms with van der Waals surface area (Å²) < 4.78 is 28.9. The van der Waals surface area contributed by atoms with Crippen LogP contribution in [0.4, 0.5) is 5.69 Å². The molecule has 0 radical (unpaired) electrons. The van der Waals surface area contributed by atoms with E-state index in [2.05, 4.69) is 9.82 Å². The van der Waals surface area contributed by atoms with Crippen LogP contribution in [0.15, 0.2) is 29.3 Å². The Labute approximate surface area is 118 Å². The Bertz CT molecular complexity index is 735. The van der Waals surface area contributed by atoms with Gasteiger partial charge in [-0.1, -0.05) is 12.1 Å². The molecule has 0 bridgehead atoms. The fourth-order valence-electron chi connectivity index (χ4n) is 2.04. The van der Waals surface area contributed by atoms with Gasteiger partial charge in [0.25, 0.3) is 10.0 Å². The van der Waals surface area contributed by atoms with Crippen LogP contribution in [-0.2, 0) is 23.6 Å². The molecule has 1 aromatic carbocycles. The summed E-state index contributed by atoms with van der Waals surface area (Å²) in [6.07, 6.45) is 1.64. The zero-order valence-corrected chi connectivity index (χ0v) is 12.5. The third kappa shape index (κ3) is 2.83. The second kappa shape index (κ2) is 5.26. The lowest BCUT2D eigenvalue weighted by Gasteiger charge is -2.10. The number of sulfonamides is 1. The van der Waals surface area contributed by atoms with E-state index >= 15 is 0 Å². The molecule has 1 heterocycles. The van der Waals surface area contributed by atoms with E-state index in [0.717, 1.165) is 5.56 Å². The zero-order valence-electron chi connectivity index (χ0n) is 11.7. The predicted molar refractivity (Wildman–Crippen MR) is 77.8 cm³/mol. The van der Waals surface area contributed by atoms with E-state index < -0.39 is 10.0 Å². The van der Waals surface area contributed by atoms with Crippen LogP contribution in [0, 0.1) is 13.8 Å². The number of aromatic nitrogens is 2. The summed E-state index contributed by atoms with van der Waals surface area (Å²) in [6.45, 7) is 3.89. The van der Waals surface area contributed by atoms with Crippen LogP contribution in [0.1, 0.15) is 16.8 Å². The minimum Gasteiger partial charge on any atom is -0.326 e. The van der Waals surface area contributed by atoms with Crippen LogP contribution in [0.25, 0.3) is 0 Å². The predicted octanol–water partition coefficient (Wildman–Crippen LogP) is 1.30. The van der Waals surface area contributed by atoms with Crippen molar-refractivity contribution in [2.75, 3.05) is 4.72 Å². The molecular formula is C13H18N4O2S. The molecular weight excluding hydrogens is 276 g/mol. The summed E-state index contributed by atoms with van der Waals surface area (Å²) in [5, 5.41) is 4.11. The van der Waals surface area contributed by atoms with Crippen molar-refractivity contribution in [3.63, 3.8) is 0 Å². The van der Waals surface area contributed by atoms with Crippen molar-refractivity contribution in [1.82, 2.24) is 9.78 Å². The number of nitrogens with two attached hydrogens (primary N) is 1. The number of benzene rings is 1. The van der Waals surface area contributed by atoms with Gasteiger partial charge in [-0.3, -0.25) is 9.40 Å². The van der Waals surface area contributed by atoms with Crippen molar-refractivity contribution in [3.05, 3.63) is 41.2 Å². The molecule has 2 rings (SSSR count). The number of rotatable bonds is 4. The Hall–Kier alpha value is -1.86. The van der Waals surface area contributed by atoms with Gasteiger partial charge in [0.05, 0.1) is 16.3 Å². The molecule has 0 aliphatic carbocycles. The molecule has 0 spiro atoms. The van der Waals surface area contributed by atoms with Crippen LogP contribution in [0.5, 0.6) is 0 Å². The standard InChI is InChI=1S/C13H18N4O2S/c1-9-6-11(7-14)4-5-13(9)20(18,19)16-12-8-17(3)15-10(12)2/h4-6,8,16H,7,14H2,1-3H3. The van der Waals surface area contributed by atoms with E-state index in [-0.39, 0.29) is 4.90 Å². The molecule has 7 heteroatoms. The number of hydrogen-bond donors (Lipinski definition) is 2. The molecule has 0 saturated heterocycles. The lowest BCUT2D eigenvalue weighted by atomic mass is 10.1. The van der Waals surface area contributed by atoms with Gasteiger partial charge in [0.15, 0.2) is 0 Å². The Balaban J connectivity index is 2.38. The molecule has 20 heavy (non-hydrogen) atoms. The van der Waals surface area contributed by atoms with Gasteiger partial charge >= 0.3 is 0 Å². The SMILES string of the molecule is Cc1cc(CN)ccc1S(=O)(=O)Nc1cn(C)nc1C. The molecule has 1 aromatic heterocycles. The van der Waals surface area contributed by atoms with Crippen LogP contribution in [0.2, 0.25) is 0 Å². The third-order valence-electron chi connectivity index (χ3n) is 3.02. The normalized spacial score (nSPS) is 11.6. The summed E-state index contributed by atoms with van der Waals surface area (Å²) in [4.78, 5) is 0.248. The molecule has 0 aliphatic heterocycles. The summed E-state index contributed by atoms with van der Waals surface area (Å²) >= 11 is 0. The number of nitrogens with zero attached hydrogens (tertiary/aromatic N) is 2. The highest BCUT2D eigenvalue weighted by Gasteiger charge is 2.19. The van der Waals surface area contributed by atoms with E-state index in [9.17, 15) is 8.42 Å². The fraction of sp³-hybridized carbons (Fsp3) is 0.308. The highest BCUT2D eigenvalue weighted by atomic mass is 32.2. The van der Waals surface area contributed by atoms with Crippen molar-refractivity contribution in [3.8, 4) is 0 Å². The van der Waals surface area contributed by atoms with Crippen molar-refractivity contribution >= 4 is 15.7 Å². The molecule has 0 unspecified atom stereocenters. The van der Waals surface area contributed by atoms with Gasteiger partial charge in [-0.25, -0.2) is 8.42 Å². The van der Waals surface area contributed by atoms with Crippen molar-refractivity contribution in [1.29, 1.82) is 0 Å². The maximum atomic E-state index is 12.4. The van der Waals surface area contributed by atoms with Gasteiger partial charge in [-0.2, -0.15) is 5.10 Å². The number of nitrogens with one attached hydrogen (secondary N) is 1. The Morgan fingerprint density at radius 1 is 1.35 bits per heavy atom. The van der Waals surface area contributed by atoms with Gasteiger partial charge in [-0.05, 0) is 31.0 Å². The Morgan fingerprint density at radius 2 is 2.05 bits per heavy atom. The largest absolute Gasteiger partial charge is 0.326 e. The average Bonchev–Trinajstić information content (AvgIpc) is 2.66. The van der Waals surface area contributed by atoms with Crippen molar-refractivity contribution in [2.24, 2.45) is 12.8 Å². The number of anilines is 1. The van der Waals surface area contributed by atoms with Gasteiger partial charge < -0.3 is 5.73 Å². The molecule has 0 saturated carbocycles. The van der Waals surface area contributed by atoms with Gasteiger partial charge in [0.2, 0.25) is 0 Å². The molecule has 0 atom stereocenters. The maximum absolute atomic E-state index is 12.4. The minimum atomic E-state index is -3.62. The Kier molecular flexibility index (Phi) is 3.82. The van der Waals surface area contributed by atoms with E-state index in [1.807, 2.05) is 0 Å². The molecule has 6 nitrogen and oxygen atoms in total. The lowest BCUT2D eigenvalue weighted by Crippen LogP contribution is -2.15. The quantitative estimate of drug-likeness (QED) is 0.889. The van der Waals surface area contributed by atoms with Gasteiger partial charge in [-0.15, -0.1) is 0 Å². The average molecular weight is 294 g/mol. The van der Waals surface area contributed by atoms with Gasteiger partial charge in [0, 0.05) is 19.8 Å². The fourth-order valence-corrected chi connectivity index (χ4v) is 3.37. The molecule has 0 aliphatic rings. The topological polar surface area (TPSA) is 90.0 Å². The second-order valence-corrected chi connectivity index (χ2v) is 6.36. The van der Waals surface area contributed by atoms with E-state index in [0.29, 0.717) is 23.5 Å². The zero-order chi connectivity index (χ0) is 14.9. The van der Waals surface area contributed by atoms with Crippen molar-refractivity contribution in [2.45, 2.75) is 25.3 Å². The van der Waals surface area contributed by atoms with Crippen LogP contribution in [-0.4, -0.2) is 18.2 Å². The first-order chi connectivity index (χ1) is 9.33. The number of hydrogen-bond acceptors (Lipinski definition) is 4. The van der Waals surface area contributed by atoms with Crippen LogP contribution in [0.3, 0.4) is 0 Å². The number of aryl methyl sites for hydroxylation is 3. The molecule has 3 N–H and O–H groups in total. The van der Waals surface area contributed by atoms with Crippen LogP contribution < -0.4 is 10.5 Å². The highest BCUT2D eigenvalue weighted by Crippen LogP contribution is 2.21. The third-order valence-corrected chi connectivity index (χ3v) is 4.55. The second-order valence-electron chi connectivity index (χ2n) is 4.71. The summed E-state index contributed by atoms with van der Waals surface area (Å²) in [5.41, 5.74) is 8.23. The summed E-state index contributed by atoms with van der Waals surface area (Å²) in [7, 11) is -1.88. The minimum absolute atomic E-state index is 0.248. The smallest absolute Gasteiger partial charge is 0.262 e. The lowest BCUT2D eigenvalue weighted by molar-refractivity contribution is 0.600. The first-order valence-corrected chi connectivity index (χ1v) is 7.64. The van der Waals surface area contributed by atoms with Crippen molar-refractivity contribution < 1.29 is 8.42 Å². The molecule has 0 fully saturated rings.